The summed E-state index contributed by atoms with van der Waals surface area (Å²) in [6.45, 7) is 7.14. The van der Waals surface area contributed by atoms with Gasteiger partial charge in [-0.3, -0.25) is 4.79 Å². The summed E-state index contributed by atoms with van der Waals surface area (Å²) in [5.74, 6) is 0.726. The number of carbonyl (C=O) groups excluding carboxylic acids is 1. The number of aromatic hydroxyl groups is 1. The Kier molecular flexibility index (Phi) is 5.07. The molecule has 1 aromatic carbocycles. The topological polar surface area (TPSA) is 61.8 Å². The second kappa shape index (κ2) is 6.80. The molecule has 5 nitrogen and oxygen atoms in total. The first-order valence-electron chi connectivity index (χ1n) is 7.40. The molecular formula is C16H24N2O3. The summed E-state index contributed by atoms with van der Waals surface area (Å²) >= 11 is 0. The van der Waals surface area contributed by atoms with Crippen molar-refractivity contribution in [2.45, 2.75) is 26.3 Å². The van der Waals surface area contributed by atoms with E-state index in [0.29, 0.717) is 24.3 Å². The summed E-state index contributed by atoms with van der Waals surface area (Å²) in [4.78, 5) is 14.5. The van der Waals surface area contributed by atoms with Crippen LogP contribution in [-0.4, -0.2) is 48.7 Å². The van der Waals surface area contributed by atoms with Gasteiger partial charge in [-0.2, -0.15) is 0 Å². The van der Waals surface area contributed by atoms with Crippen LogP contribution in [0, 0.1) is 5.92 Å². The Morgan fingerprint density at radius 2 is 2.29 bits per heavy atom. The van der Waals surface area contributed by atoms with Crippen LogP contribution in [0.4, 0.5) is 0 Å². The van der Waals surface area contributed by atoms with E-state index in [0.717, 1.165) is 19.5 Å². The van der Waals surface area contributed by atoms with Crippen molar-refractivity contribution in [2.24, 2.45) is 5.92 Å². The molecule has 0 aliphatic carbocycles. The number of nitrogens with one attached hydrogen (secondary N) is 1. The third-order valence-corrected chi connectivity index (χ3v) is 4.05. The van der Waals surface area contributed by atoms with Crippen molar-refractivity contribution in [1.29, 1.82) is 0 Å². The molecule has 1 atom stereocenters. The predicted molar refractivity (Wildman–Crippen MR) is 81.8 cm³/mol. The van der Waals surface area contributed by atoms with Crippen LogP contribution in [0.3, 0.4) is 0 Å². The highest BCUT2D eigenvalue weighted by molar-refractivity contribution is 5.97. The maximum atomic E-state index is 12.1. The molecule has 21 heavy (non-hydrogen) atoms. The SMILES string of the molecule is COc1ccc(C(=O)NC[C@@H]2CCN(C(C)C)C2)c(O)c1. The summed E-state index contributed by atoms with van der Waals surface area (Å²) in [7, 11) is 1.52. The predicted octanol–water partition coefficient (Wildman–Crippen LogP) is 1.86. The van der Waals surface area contributed by atoms with Crippen LogP contribution in [0.5, 0.6) is 11.5 Å². The van der Waals surface area contributed by atoms with Crippen molar-refractivity contribution in [1.82, 2.24) is 10.2 Å². The van der Waals surface area contributed by atoms with Crippen LogP contribution >= 0.6 is 0 Å². The molecular weight excluding hydrogens is 268 g/mol. The van der Waals surface area contributed by atoms with E-state index in [9.17, 15) is 9.90 Å². The van der Waals surface area contributed by atoms with Gasteiger partial charge in [-0.15, -0.1) is 0 Å². The Bertz CT molecular complexity index is 502. The van der Waals surface area contributed by atoms with Crippen LogP contribution in [-0.2, 0) is 0 Å². The minimum absolute atomic E-state index is 0.0536. The van der Waals surface area contributed by atoms with E-state index in [-0.39, 0.29) is 17.2 Å². The van der Waals surface area contributed by atoms with E-state index in [4.69, 9.17) is 4.74 Å². The number of methoxy groups -OCH3 is 1. The van der Waals surface area contributed by atoms with Crippen molar-refractivity contribution >= 4 is 5.91 Å². The van der Waals surface area contributed by atoms with Crippen molar-refractivity contribution in [2.75, 3.05) is 26.7 Å². The molecule has 1 fully saturated rings. The van der Waals surface area contributed by atoms with E-state index >= 15 is 0 Å². The number of benzene rings is 1. The summed E-state index contributed by atoms with van der Waals surface area (Å²) in [5.41, 5.74) is 0.287. The minimum atomic E-state index is -0.238. The summed E-state index contributed by atoms with van der Waals surface area (Å²) < 4.78 is 5.01. The first-order chi connectivity index (χ1) is 10.0. The van der Waals surface area contributed by atoms with Gasteiger partial charge in [0.2, 0.25) is 0 Å². The number of ether oxygens (including phenoxy) is 1. The number of nitrogens with zero attached hydrogens (tertiary/aromatic N) is 1. The van der Waals surface area contributed by atoms with Gasteiger partial charge in [0.1, 0.15) is 11.5 Å². The zero-order chi connectivity index (χ0) is 15.4. The number of rotatable bonds is 5. The number of likely N-dealkylation sites (tertiary alicyclic amines) is 1. The van der Waals surface area contributed by atoms with Gasteiger partial charge in [0, 0.05) is 25.2 Å². The van der Waals surface area contributed by atoms with Crippen molar-refractivity contribution in [3.63, 3.8) is 0 Å². The number of phenols is 1. The second-order valence-corrected chi connectivity index (χ2v) is 5.84. The molecule has 1 amide bonds. The lowest BCUT2D eigenvalue weighted by Crippen LogP contribution is -2.33. The quantitative estimate of drug-likeness (QED) is 0.869. The van der Waals surface area contributed by atoms with Crippen LogP contribution in [0.25, 0.3) is 0 Å². The standard InChI is InChI=1S/C16H24N2O3/c1-11(2)18-7-6-12(10-18)9-17-16(20)14-5-4-13(21-3)8-15(14)19/h4-5,8,11-12,19H,6-7,9-10H2,1-3H3,(H,17,20)/t12-/m0/s1. The van der Waals surface area contributed by atoms with Crippen LogP contribution in [0.15, 0.2) is 18.2 Å². The van der Waals surface area contributed by atoms with Crippen molar-refractivity contribution in [3.05, 3.63) is 23.8 Å². The molecule has 1 saturated heterocycles. The molecule has 0 aromatic heterocycles. The molecule has 0 spiro atoms. The van der Waals surface area contributed by atoms with Gasteiger partial charge in [-0.05, 0) is 44.9 Å². The van der Waals surface area contributed by atoms with Crippen molar-refractivity contribution < 1.29 is 14.6 Å². The van der Waals surface area contributed by atoms with Crippen molar-refractivity contribution in [3.8, 4) is 11.5 Å². The number of hydrogen-bond acceptors (Lipinski definition) is 4. The lowest BCUT2D eigenvalue weighted by Gasteiger charge is -2.20. The van der Waals surface area contributed by atoms with Crippen LogP contribution in [0.1, 0.15) is 30.6 Å². The lowest BCUT2D eigenvalue weighted by atomic mass is 10.1. The maximum absolute atomic E-state index is 12.1. The van der Waals surface area contributed by atoms with Gasteiger partial charge in [-0.1, -0.05) is 0 Å². The molecule has 1 aromatic rings. The zero-order valence-corrected chi connectivity index (χ0v) is 12.9. The normalized spacial score (nSPS) is 19.0. The van der Waals surface area contributed by atoms with Gasteiger partial charge < -0.3 is 20.1 Å². The summed E-state index contributed by atoms with van der Waals surface area (Å²) in [6, 6.07) is 5.25. The molecule has 2 rings (SSSR count). The van der Waals surface area contributed by atoms with Gasteiger partial charge in [0.15, 0.2) is 0 Å². The fourth-order valence-electron chi connectivity index (χ4n) is 2.66. The summed E-state index contributed by atoms with van der Waals surface area (Å²) in [6.07, 6.45) is 1.10. The number of phenolic OH excluding ortho intramolecular Hbond substituents is 1. The van der Waals surface area contributed by atoms with E-state index in [2.05, 4.69) is 24.1 Å². The molecule has 5 heteroatoms. The van der Waals surface area contributed by atoms with E-state index < -0.39 is 0 Å². The minimum Gasteiger partial charge on any atom is -0.507 e. The third-order valence-electron chi connectivity index (χ3n) is 4.05. The molecule has 1 aliphatic rings. The number of amides is 1. The van der Waals surface area contributed by atoms with E-state index in [1.807, 2.05) is 0 Å². The monoisotopic (exact) mass is 292 g/mol. The first kappa shape index (κ1) is 15.6. The Morgan fingerprint density at radius 1 is 1.52 bits per heavy atom. The highest BCUT2D eigenvalue weighted by atomic mass is 16.5. The molecule has 0 saturated carbocycles. The average Bonchev–Trinajstić information content (AvgIpc) is 2.93. The van der Waals surface area contributed by atoms with Gasteiger partial charge in [0.05, 0.1) is 12.7 Å². The largest absolute Gasteiger partial charge is 0.507 e. The van der Waals surface area contributed by atoms with Gasteiger partial charge in [0.25, 0.3) is 5.91 Å². The van der Waals surface area contributed by atoms with Gasteiger partial charge in [-0.25, -0.2) is 0 Å². The molecule has 0 unspecified atom stereocenters. The lowest BCUT2D eigenvalue weighted by molar-refractivity contribution is 0.0944. The Morgan fingerprint density at radius 3 is 2.86 bits per heavy atom. The fourth-order valence-corrected chi connectivity index (χ4v) is 2.66. The second-order valence-electron chi connectivity index (χ2n) is 5.84. The fraction of sp³-hybridized carbons (Fsp3) is 0.562. The molecule has 116 valence electrons. The molecule has 0 bridgehead atoms. The molecule has 1 aliphatic heterocycles. The van der Waals surface area contributed by atoms with E-state index in [1.165, 1.54) is 13.2 Å². The molecule has 1 heterocycles. The Labute approximate surface area is 125 Å². The third kappa shape index (κ3) is 3.88. The van der Waals surface area contributed by atoms with E-state index in [1.54, 1.807) is 12.1 Å². The Balaban J connectivity index is 1.88. The molecule has 2 N–H and O–H groups in total. The van der Waals surface area contributed by atoms with Crippen LogP contribution < -0.4 is 10.1 Å². The van der Waals surface area contributed by atoms with Crippen LogP contribution in [0.2, 0.25) is 0 Å². The highest BCUT2D eigenvalue weighted by Gasteiger charge is 2.24. The van der Waals surface area contributed by atoms with Gasteiger partial charge >= 0.3 is 0 Å². The highest BCUT2D eigenvalue weighted by Crippen LogP contribution is 2.23. The molecule has 0 radical (unpaired) electrons. The first-order valence-corrected chi connectivity index (χ1v) is 7.40. The average molecular weight is 292 g/mol. The smallest absolute Gasteiger partial charge is 0.255 e. The maximum Gasteiger partial charge on any atom is 0.255 e. The number of carbonyl (C=O) groups is 1. The number of hydrogen-bond donors (Lipinski definition) is 2. The Hall–Kier alpha value is -1.75. The zero-order valence-electron chi connectivity index (χ0n) is 12.9. The summed E-state index contributed by atoms with van der Waals surface area (Å²) in [5, 5.41) is 12.8.